The van der Waals surface area contributed by atoms with Crippen LogP contribution in [0.3, 0.4) is 0 Å². The molecule has 16 heavy (non-hydrogen) atoms. The number of phenols is 1. The molecule has 7 N–H and O–H groups in total. The maximum absolute atomic E-state index is 13.3. The van der Waals surface area contributed by atoms with Crippen molar-refractivity contribution in [3.8, 4) is 5.75 Å². The number of rotatable bonds is 1. The molecule has 86 valence electrons. The first kappa shape index (κ1) is 12.5. The van der Waals surface area contributed by atoms with Crippen molar-refractivity contribution in [1.82, 2.24) is 0 Å². The largest absolute Gasteiger partial charge is 0.503 e. The van der Waals surface area contributed by atoms with E-state index in [1.165, 1.54) is 12.1 Å². The number of aromatic hydroxyl groups is 1. The maximum atomic E-state index is 13.3. The van der Waals surface area contributed by atoms with Gasteiger partial charge in [-0.15, -0.1) is 0 Å². The predicted molar refractivity (Wildman–Crippen MR) is 67.9 cm³/mol. The summed E-state index contributed by atoms with van der Waals surface area (Å²) in [7, 11) is 0. The second-order valence-corrected chi connectivity index (χ2v) is 3.90. The number of guanidine groups is 2. The second-order valence-electron chi connectivity index (χ2n) is 2.74. The Morgan fingerprint density at radius 2 is 1.94 bits per heavy atom. The quantitative estimate of drug-likeness (QED) is 0.335. The molecular weight excluding hydrogens is 328 g/mol. The standard InChI is InChI=1S/C8H9FIN5O/c9-5-3(10)1-2-4(6(5)16)14-8(13)15-7(11)12/h1-2,16H,(H6,11,12,13,14,15). The van der Waals surface area contributed by atoms with Gasteiger partial charge in [-0.25, -0.2) is 9.38 Å². The number of benzene rings is 1. The second kappa shape index (κ2) is 4.96. The fraction of sp³-hybridized carbons (Fsp3) is 0. The van der Waals surface area contributed by atoms with Crippen LogP contribution in [-0.2, 0) is 0 Å². The van der Waals surface area contributed by atoms with E-state index < -0.39 is 11.6 Å². The highest BCUT2D eigenvalue weighted by Gasteiger charge is 2.10. The Morgan fingerprint density at radius 1 is 1.31 bits per heavy atom. The fourth-order valence-corrected chi connectivity index (χ4v) is 1.34. The molecule has 0 atom stereocenters. The van der Waals surface area contributed by atoms with Gasteiger partial charge in [-0.1, -0.05) is 0 Å². The van der Waals surface area contributed by atoms with Crippen molar-refractivity contribution in [2.75, 3.05) is 0 Å². The van der Waals surface area contributed by atoms with Crippen molar-refractivity contribution >= 4 is 40.2 Å². The van der Waals surface area contributed by atoms with Crippen LogP contribution in [0.2, 0.25) is 0 Å². The van der Waals surface area contributed by atoms with Gasteiger partial charge >= 0.3 is 0 Å². The van der Waals surface area contributed by atoms with Crippen LogP contribution >= 0.6 is 22.6 Å². The number of hydrogen-bond acceptors (Lipinski definition) is 2. The predicted octanol–water partition coefficient (Wildman–Crippen LogP) is 0.356. The van der Waals surface area contributed by atoms with Crippen molar-refractivity contribution in [2.24, 2.45) is 27.2 Å². The van der Waals surface area contributed by atoms with Crippen LogP contribution in [0.1, 0.15) is 0 Å². The minimum atomic E-state index is -0.764. The minimum absolute atomic E-state index is 0.0413. The number of nitrogens with zero attached hydrogens (tertiary/aromatic N) is 2. The van der Waals surface area contributed by atoms with Gasteiger partial charge in [0, 0.05) is 0 Å². The molecule has 0 bridgehead atoms. The van der Waals surface area contributed by atoms with E-state index in [-0.39, 0.29) is 21.2 Å². The number of hydrogen-bond donors (Lipinski definition) is 4. The minimum Gasteiger partial charge on any atom is -0.503 e. The summed E-state index contributed by atoms with van der Waals surface area (Å²) < 4.78 is 13.5. The monoisotopic (exact) mass is 337 g/mol. The smallest absolute Gasteiger partial charge is 0.223 e. The van der Waals surface area contributed by atoms with Gasteiger partial charge in [0.1, 0.15) is 5.69 Å². The average molecular weight is 337 g/mol. The first-order valence-electron chi connectivity index (χ1n) is 4.02. The Labute approximate surface area is 104 Å². The molecule has 0 amide bonds. The van der Waals surface area contributed by atoms with Crippen molar-refractivity contribution < 1.29 is 9.50 Å². The van der Waals surface area contributed by atoms with E-state index in [0.29, 0.717) is 0 Å². The Hall–Kier alpha value is -1.58. The van der Waals surface area contributed by atoms with E-state index in [4.69, 9.17) is 17.2 Å². The molecule has 0 heterocycles. The first-order chi connectivity index (χ1) is 7.41. The molecule has 0 saturated carbocycles. The molecule has 1 aromatic carbocycles. The fourth-order valence-electron chi connectivity index (χ4n) is 0.901. The molecule has 0 aliphatic rings. The molecule has 1 rings (SSSR count). The highest BCUT2D eigenvalue weighted by molar-refractivity contribution is 14.1. The Morgan fingerprint density at radius 3 is 2.50 bits per heavy atom. The molecule has 8 heteroatoms. The summed E-state index contributed by atoms with van der Waals surface area (Å²) >= 11 is 1.74. The molecule has 6 nitrogen and oxygen atoms in total. The van der Waals surface area contributed by atoms with Crippen LogP contribution in [0.15, 0.2) is 22.1 Å². The lowest BCUT2D eigenvalue weighted by molar-refractivity contribution is 0.432. The van der Waals surface area contributed by atoms with Crippen LogP contribution in [-0.4, -0.2) is 17.0 Å². The SMILES string of the molecule is NC(N)=NC(N)=Nc1ccc(I)c(F)c1O. The molecule has 0 aliphatic heterocycles. The topological polar surface area (TPSA) is 123 Å². The zero-order chi connectivity index (χ0) is 12.3. The summed E-state index contributed by atoms with van der Waals surface area (Å²) in [6, 6.07) is 2.84. The molecule has 0 radical (unpaired) electrons. The lowest BCUT2D eigenvalue weighted by atomic mass is 10.3. The average Bonchev–Trinajstić information content (AvgIpc) is 2.18. The molecule has 0 saturated heterocycles. The van der Waals surface area contributed by atoms with Crippen LogP contribution in [0.4, 0.5) is 10.1 Å². The summed E-state index contributed by atoms with van der Waals surface area (Å²) in [5, 5.41) is 9.41. The molecule has 0 unspecified atom stereocenters. The zero-order valence-electron chi connectivity index (χ0n) is 7.98. The van der Waals surface area contributed by atoms with Crippen LogP contribution in [0, 0.1) is 9.39 Å². The van der Waals surface area contributed by atoms with Crippen molar-refractivity contribution in [2.45, 2.75) is 0 Å². The van der Waals surface area contributed by atoms with E-state index in [0.717, 1.165) is 0 Å². The van der Waals surface area contributed by atoms with E-state index in [1.54, 1.807) is 22.6 Å². The summed E-state index contributed by atoms with van der Waals surface area (Å²) in [5.41, 5.74) is 15.4. The van der Waals surface area contributed by atoms with Gasteiger partial charge in [-0.2, -0.15) is 4.99 Å². The van der Waals surface area contributed by atoms with Gasteiger partial charge in [-0.05, 0) is 34.7 Å². The van der Waals surface area contributed by atoms with Crippen molar-refractivity contribution in [1.29, 1.82) is 0 Å². The maximum Gasteiger partial charge on any atom is 0.223 e. The summed E-state index contributed by atoms with van der Waals surface area (Å²) in [6.07, 6.45) is 0. The van der Waals surface area contributed by atoms with Crippen LogP contribution in [0.5, 0.6) is 5.75 Å². The normalized spacial score (nSPS) is 11.2. The zero-order valence-corrected chi connectivity index (χ0v) is 10.1. The van der Waals surface area contributed by atoms with Crippen molar-refractivity contribution in [3.63, 3.8) is 0 Å². The van der Waals surface area contributed by atoms with Crippen LogP contribution < -0.4 is 17.2 Å². The summed E-state index contributed by atoms with van der Waals surface area (Å²) in [6.45, 7) is 0. The van der Waals surface area contributed by atoms with Gasteiger partial charge < -0.3 is 22.3 Å². The van der Waals surface area contributed by atoms with Gasteiger partial charge in [0.25, 0.3) is 0 Å². The lowest BCUT2D eigenvalue weighted by Gasteiger charge is -2.02. The Bertz CT molecular complexity index is 470. The highest BCUT2D eigenvalue weighted by Crippen LogP contribution is 2.31. The number of nitrogens with two attached hydrogens (primary N) is 3. The van der Waals surface area contributed by atoms with E-state index in [2.05, 4.69) is 9.98 Å². The summed E-state index contributed by atoms with van der Waals surface area (Å²) in [5.74, 6) is -1.90. The van der Waals surface area contributed by atoms with E-state index in [9.17, 15) is 9.50 Å². The molecule has 0 aromatic heterocycles. The molecule has 0 aliphatic carbocycles. The summed E-state index contributed by atoms with van der Waals surface area (Å²) in [4.78, 5) is 7.08. The third-order valence-electron chi connectivity index (χ3n) is 1.53. The van der Waals surface area contributed by atoms with Gasteiger partial charge in [0.2, 0.25) is 5.96 Å². The Balaban J connectivity index is 3.17. The molecule has 1 aromatic rings. The number of aliphatic imine (C=N–C) groups is 2. The van der Waals surface area contributed by atoms with Crippen LogP contribution in [0.25, 0.3) is 0 Å². The van der Waals surface area contributed by atoms with Gasteiger partial charge in [-0.3, -0.25) is 0 Å². The molecular formula is C8H9FIN5O. The van der Waals surface area contributed by atoms with E-state index in [1.807, 2.05) is 0 Å². The first-order valence-corrected chi connectivity index (χ1v) is 5.10. The Kier molecular flexibility index (Phi) is 3.88. The number of phenolic OH excluding ortho intramolecular Hbond substituents is 1. The molecule has 0 spiro atoms. The van der Waals surface area contributed by atoms with Gasteiger partial charge in [0.05, 0.1) is 3.57 Å². The number of halogens is 2. The third-order valence-corrected chi connectivity index (χ3v) is 2.36. The van der Waals surface area contributed by atoms with Crippen molar-refractivity contribution in [3.05, 3.63) is 21.5 Å². The lowest BCUT2D eigenvalue weighted by Crippen LogP contribution is -2.26. The highest BCUT2D eigenvalue weighted by atomic mass is 127. The van der Waals surface area contributed by atoms with Gasteiger partial charge in [0.15, 0.2) is 17.5 Å². The van der Waals surface area contributed by atoms with E-state index >= 15 is 0 Å². The molecule has 0 fully saturated rings. The third kappa shape index (κ3) is 2.95.